The topological polar surface area (TPSA) is 87.7 Å². The van der Waals surface area contributed by atoms with Crippen molar-refractivity contribution < 1.29 is 32.5 Å². The van der Waals surface area contributed by atoms with Gasteiger partial charge in [0.2, 0.25) is 0 Å². The van der Waals surface area contributed by atoms with Gasteiger partial charge < -0.3 is 24.5 Å². The van der Waals surface area contributed by atoms with Crippen LogP contribution in [0.1, 0.15) is 66.1 Å². The number of halogens is 3. The number of pyridine rings is 1. The number of carboxylic acid groups (broad SMARTS) is 1. The van der Waals surface area contributed by atoms with Crippen LogP contribution in [0.3, 0.4) is 0 Å². The van der Waals surface area contributed by atoms with Crippen molar-refractivity contribution in [3.8, 4) is 16.9 Å². The van der Waals surface area contributed by atoms with Crippen LogP contribution in [-0.4, -0.2) is 45.6 Å². The molecule has 0 radical (unpaired) electrons. The molecule has 2 saturated heterocycles. The first kappa shape index (κ1) is 26.8. The number of ether oxygens (including phenoxy) is 2. The molecule has 2 aromatic heterocycles. The number of nitrogens with zero attached hydrogens (tertiary/aromatic N) is 2. The van der Waals surface area contributed by atoms with Gasteiger partial charge in [0, 0.05) is 46.1 Å². The molecule has 3 aliphatic rings. The summed E-state index contributed by atoms with van der Waals surface area (Å²) in [4.78, 5) is 22.1. The molecule has 2 aromatic carbocycles. The fourth-order valence-electron chi connectivity index (χ4n) is 6.82. The smallest absolute Gasteiger partial charge is 0.478 e. The maximum atomic E-state index is 13.1. The number of hydrogen-bond donors (Lipinski definition) is 2. The molecule has 3 fully saturated rings. The Labute approximate surface area is 240 Å². The van der Waals surface area contributed by atoms with E-state index < -0.39 is 12.3 Å². The van der Waals surface area contributed by atoms with E-state index in [4.69, 9.17) is 9.72 Å². The van der Waals surface area contributed by atoms with Gasteiger partial charge in [-0.3, -0.25) is 0 Å². The molecule has 2 aliphatic heterocycles. The van der Waals surface area contributed by atoms with Crippen molar-refractivity contribution in [2.24, 2.45) is 0 Å². The predicted molar refractivity (Wildman–Crippen MR) is 151 cm³/mol. The maximum Gasteiger partial charge on any atom is 0.573 e. The van der Waals surface area contributed by atoms with Gasteiger partial charge in [0.15, 0.2) is 0 Å². The van der Waals surface area contributed by atoms with Crippen LogP contribution < -0.4 is 9.64 Å². The number of carbonyl (C=O) groups is 1. The second-order valence-electron chi connectivity index (χ2n) is 11.5. The highest BCUT2D eigenvalue weighted by atomic mass is 19.4. The monoisotopic (exact) mass is 577 g/mol. The normalized spacial score (nSPS) is 22.1. The predicted octanol–water partition coefficient (Wildman–Crippen LogP) is 7.42. The van der Waals surface area contributed by atoms with Crippen molar-refractivity contribution in [2.75, 3.05) is 4.90 Å². The van der Waals surface area contributed by atoms with E-state index in [0.29, 0.717) is 34.6 Å². The van der Waals surface area contributed by atoms with Crippen molar-refractivity contribution in [1.82, 2.24) is 9.97 Å². The summed E-state index contributed by atoms with van der Waals surface area (Å²) in [6.45, 7) is 0.307. The fraction of sp³-hybridized carbons (Fsp3) is 0.375. The van der Waals surface area contributed by atoms with E-state index in [0.717, 1.165) is 55.6 Å². The number of nitrogens with one attached hydrogen (secondary N) is 1. The van der Waals surface area contributed by atoms with Crippen molar-refractivity contribution in [1.29, 1.82) is 0 Å². The number of rotatable bonds is 8. The van der Waals surface area contributed by atoms with E-state index >= 15 is 0 Å². The second kappa shape index (κ2) is 10.3. The van der Waals surface area contributed by atoms with Gasteiger partial charge in [0.05, 0.1) is 23.8 Å². The molecule has 0 spiro atoms. The van der Waals surface area contributed by atoms with Crippen LogP contribution in [-0.2, 0) is 11.3 Å². The zero-order valence-corrected chi connectivity index (χ0v) is 22.7. The first-order valence-corrected chi connectivity index (χ1v) is 14.3. The lowest BCUT2D eigenvalue weighted by Gasteiger charge is -2.39. The molecule has 2 N–H and O–H groups in total. The highest BCUT2D eigenvalue weighted by molar-refractivity contribution is 6.02. The van der Waals surface area contributed by atoms with E-state index in [1.807, 2.05) is 18.2 Å². The largest absolute Gasteiger partial charge is 0.573 e. The third kappa shape index (κ3) is 5.08. The molecule has 4 heterocycles. The number of hydrogen-bond acceptors (Lipinski definition) is 5. The van der Waals surface area contributed by atoms with Gasteiger partial charge in [-0.1, -0.05) is 24.3 Å². The number of piperidine rings is 1. The number of fused-ring (bicyclic) bond motifs is 3. The number of aromatic nitrogens is 2. The van der Waals surface area contributed by atoms with Gasteiger partial charge in [-0.2, -0.15) is 0 Å². The zero-order chi connectivity index (χ0) is 29.0. The minimum absolute atomic E-state index is 0.00860. The molecular formula is C32H30F3N3O4. The van der Waals surface area contributed by atoms with Crippen LogP contribution in [0.4, 0.5) is 19.0 Å². The summed E-state index contributed by atoms with van der Waals surface area (Å²) in [5, 5.41) is 10.1. The first-order chi connectivity index (χ1) is 20.2. The Bertz CT molecular complexity index is 1630. The van der Waals surface area contributed by atoms with Crippen LogP contribution in [0.5, 0.6) is 5.75 Å². The molecule has 2 bridgehead atoms. The first-order valence-electron chi connectivity index (χ1n) is 14.3. The van der Waals surface area contributed by atoms with Crippen molar-refractivity contribution >= 4 is 22.7 Å². The molecule has 1 aliphatic carbocycles. The van der Waals surface area contributed by atoms with Crippen molar-refractivity contribution in [3.63, 3.8) is 0 Å². The molecule has 7 rings (SSSR count). The van der Waals surface area contributed by atoms with Crippen LogP contribution in [0, 0.1) is 0 Å². The summed E-state index contributed by atoms with van der Waals surface area (Å²) >= 11 is 0. The lowest BCUT2D eigenvalue weighted by atomic mass is 9.98. The molecule has 0 amide bonds. The average Bonchev–Trinajstić information content (AvgIpc) is 3.66. The summed E-state index contributed by atoms with van der Waals surface area (Å²) in [6, 6.07) is 15.6. The number of aromatic amines is 1. The molecular weight excluding hydrogens is 547 g/mol. The van der Waals surface area contributed by atoms with E-state index in [1.54, 1.807) is 30.5 Å². The summed E-state index contributed by atoms with van der Waals surface area (Å²) in [5.74, 6) is 0.0187. The van der Waals surface area contributed by atoms with Gasteiger partial charge in [-0.15, -0.1) is 13.2 Å². The van der Waals surface area contributed by atoms with Crippen molar-refractivity contribution in [3.05, 3.63) is 77.6 Å². The van der Waals surface area contributed by atoms with E-state index in [2.05, 4.69) is 14.6 Å². The molecule has 4 aromatic rings. The molecule has 7 nitrogen and oxygen atoms in total. The van der Waals surface area contributed by atoms with Crippen molar-refractivity contribution in [2.45, 2.75) is 75.6 Å². The highest BCUT2D eigenvalue weighted by Crippen LogP contribution is 2.46. The zero-order valence-electron chi connectivity index (χ0n) is 22.7. The molecule has 10 heteroatoms. The number of para-hydroxylation sites is 1. The quantitative estimate of drug-likeness (QED) is 0.227. The molecule has 2 unspecified atom stereocenters. The Morgan fingerprint density at radius 3 is 2.45 bits per heavy atom. The molecule has 2 atom stereocenters. The number of H-pyrrole nitrogens is 1. The molecule has 42 heavy (non-hydrogen) atoms. The van der Waals surface area contributed by atoms with Gasteiger partial charge in [0.1, 0.15) is 11.6 Å². The minimum Gasteiger partial charge on any atom is -0.478 e. The van der Waals surface area contributed by atoms with Gasteiger partial charge >= 0.3 is 12.3 Å². The van der Waals surface area contributed by atoms with Crippen LogP contribution in [0.2, 0.25) is 0 Å². The molecule has 218 valence electrons. The summed E-state index contributed by atoms with van der Waals surface area (Å²) < 4.78 is 50.3. The summed E-state index contributed by atoms with van der Waals surface area (Å²) in [5.41, 5.74) is 3.90. The van der Waals surface area contributed by atoms with Gasteiger partial charge in [0.25, 0.3) is 0 Å². The second-order valence-corrected chi connectivity index (χ2v) is 11.5. The number of anilines is 1. The minimum atomic E-state index is -4.78. The van der Waals surface area contributed by atoms with Crippen LogP contribution >= 0.6 is 0 Å². The van der Waals surface area contributed by atoms with Gasteiger partial charge in [-0.05, 0) is 74.8 Å². The maximum absolute atomic E-state index is 13.1. The van der Waals surface area contributed by atoms with E-state index in [1.165, 1.54) is 12.1 Å². The highest BCUT2D eigenvalue weighted by Gasteiger charge is 2.42. The third-order valence-electron chi connectivity index (χ3n) is 8.78. The summed E-state index contributed by atoms with van der Waals surface area (Å²) in [6.07, 6.45) is 2.76. The van der Waals surface area contributed by atoms with Crippen LogP contribution in [0.15, 0.2) is 60.8 Å². The van der Waals surface area contributed by atoms with Gasteiger partial charge in [-0.25, -0.2) is 9.78 Å². The Balaban J connectivity index is 1.10. The average molecular weight is 578 g/mol. The van der Waals surface area contributed by atoms with E-state index in [-0.39, 0.29) is 29.5 Å². The summed E-state index contributed by atoms with van der Waals surface area (Å²) in [7, 11) is 0. The Hall–Kier alpha value is -4.05. The van der Waals surface area contributed by atoms with Crippen LogP contribution in [0.25, 0.3) is 22.0 Å². The lowest BCUT2D eigenvalue weighted by Crippen LogP contribution is -2.46. The third-order valence-corrected chi connectivity index (χ3v) is 8.78. The SMILES string of the molecule is O=C(O)c1cccc2nc(N3C4CCC3CC(OCc3c(-c5ccccc5OC(F)(F)F)c[nH]c3C3CC3)C4)ccc12. The van der Waals surface area contributed by atoms with E-state index in [9.17, 15) is 23.1 Å². The fourth-order valence-corrected chi connectivity index (χ4v) is 6.82. The number of aromatic carboxylic acids is 1. The Morgan fingerprint density at radius 2 is 1.74 bits per heavy atom. The lowest BCUT2D eigenvalue weighted by molar-refractivity contribution is -0.274. The Morgan fingerprint density at radius 1 is 0.976 bits per heavy atom. The number of carboxylic acids is 1. The number of benzene rings is 2. The molecule has 1 saturated carbocycles. The standard InChI is InChI=1S/C32H30F3N3O4/c33-32(34,35)42-28-7-2-1-4-23(28)25-16-36-30(18-8-9-18)26(25)17-41-21-14-19-10-11-20(15-21)38(19)29-13-12-22-24(31(39)40)5-3-6-27(22)37-29/h1-7,12-13,16,18-21,36H,8-11,14-15,17H2,(H,39,40). The number of alkyl halides is 3. The Kier molecular flexibility index (Phi) is 6.61.